The lowest BCUT2D eigenvalue weighted by atomic mass is 9.91. The van der Waals surface area contributed by atoms with E-state index in [-0.39, 0.29) is 53.4 Å². The van der Waals surface area contributed by atoms with Gasteiger partial charge in [-0.3, -0.25) is 14.4 Å². The average molecular weight is 559 g/mol. The summed E-state index contributed by atoms with van der Waals surface area (Å²) in [5.41, 5.74) is 1.67. The Balaban J connectivity index is 1.44. The molecule has 3 amide bonds. The molecule has 11 heteroatoms. The fraction of sp³-hybridized carbons (Fsp3) is 0.517. The van der Waals surface area contributed by atoms with E-state index in [1.807, 2.05) is 0 Å². The SMILES string of the molecule is CC(=O)N1CC(c2ccc(OC(F)F)c(OCC3CC3)c2)C[C@@H]1[C@@H](C)C(=O)NCc1cccc(C(=O)N(C)C)n1. The fourth-order valence-electron chi connectivity index (χ4n) is 4.96. The highest BCUT2D eigenvalue weighted by Crippen LogP contribution is 2.40. The number of carbonyl (C=O) groups is 3. The Morgan fingerprint density at radius 1 is 1.15 bits per heavy atom. The average Bonchev–Trinajstić information content (AvgIpc) is 3.65. The predicted octanol–water partition coefficient (Wildman–Crippen LogP) is 3.83. The number of pyridine rings is 1. The first-order chi connectivity index (χ1) is 19.0. The van der Waals surface area contributed by atoms with Gasteiger partial charge in [0.15, 0.2) is 11.5 Å². The monoisotopic (exact) mass is 558 g/mol. The summed E-state index contributed by atoms with van der Waals surface area (Å²) in [7, 11) is 3.28. The van der Waals surface area contributed by atoms with Crippen molar-refractivity contribution in [1.29, 1.82) is 0 Å². The molecule has 1 aliphatic heterocycles. The van der Waals surface area contributed by atoms with Crippen molar-refractivity contribution in [2.45, 2.75) is 58.2 Å². The number of likely N-dealkylation sites (tertiary alicyclic amines) is 1. The molecular weight excluding hydrogens is 522 g/mol. The van der Waals surface area contributed by atoms with Gasteiger partial charge in [-0.15, -0.1) is 0 Å². The summed E-state index contributed by atoms with van der Waals surface area (Å²) < 4.78 is 36.4. The summed E-state index contributed by atoms with van der Waals surface area (Å²) >= 11 is 0. The Morgan fingerprint density at radius 2 is 1.90 bits per heavy atom. The molecule has 1 saturated carbocycles. The van der Waals surface area contributed by atoms with Crippen LogP contribution in [0.1, 0.15) is 60.8 Å². The quantitative estimate of drug-likeness (QED) is 0.450. The van der Waals surface area contributed by atoms with Crippen LogP contribution in [-0.4, -0.2) is 72.4 Å². The van der Waals surface area contributed by atoms with Crippen LogP contribution in [0.2, 0.25) is 0 Å². The Labute approximate surface area is 232 Å². The molecule has 1 N–H and O–H groups in total. The van der Waals surface area contributed by atoms with Crippen molar-refractivity contribution in [3.63, 3.8) is 0 Å². The van der Waals surface area contributed by atoms with Gasteiger partial charge in [0.05, 0.1) is 24.8 Å². The van der Waals surface area contributed by atoms with Gasteiger partial charge >= 0.3 is 6.61 Å². The summed E-state index contributed by atoms with van der Waals surface area (Å²) in [5.74, 6) is -0.575. The summed E-state index contributed by atoms with van der Waals surface area (Å²) in [5, 5.41) is 2.88. The molecule has 0 spiro atoms. The first-order valence-corrected chi connectivity index (χ1v) is 13.5. The minimum absolute atomic E-state index is 0.0184. The molecule has 40 heavy (non-hydrogen) atoms. The molecule has 1 saturated heterocycles. The van der Waals surface area contributed by atoms with Crippen LogP contribution in [0.5, 0.6) is 11.5 Å². The zero-order valence-corrected chi connectivity index (χ0v) is 23.2. The molecule has 216 valence electrons. The molecule has 4 rings (SSSR count). The molecule has 1 aromatic heterocycles. The van der Waals surface area contributed by atoms with Gasteiger partial charge in [-0.1, -0.05) is 19.1 Å². The molecule has 3 atom stereocenters. The molecule has 1 aromatic carbocycles. The highest BCUT2D eigenvalue weighted by Gasteiger charge is 2.40. The Hall–Kier alpha value is -3.76. The highest BCUT2D eigenvalue weighted by atomic mass is 19.3. The van der Waals surface area contributed by atoms with E-state index in [2.05, 4.69) is 15.0 Å². The number of nitrogens with one attached hydrogen (secondary N) is 1. The zero-order valence-electron chi connectivity index (χ0n) is 23.2. The van der Waals surface area contributed by atoms with Crippen LogP contribution in [0.4, 0.5) is 8.78 Å². The van der Waals surface area contributed by atoms with E-state index in [0.29, 0.717) is 31.2 Å². The number of halogens is 2. The second-order valence-corrected chi connectivity index (χ2v) is 10.7. The number of ether oxygens (including phenoxy) is 2. The van der Waals surface area contributed by atoms with Gasteiger partial charge in [-0.2, -0.15) is 8.78 Å². The number of alkyl halides is 2. The van der Waals surface area contributed by atoms with E-state index in [9.17, 15) is 23.2 Å². The normalized spacial score (nSPS) is 19.3. The Bertz CT molecular complexity index is 1240. The summed E-state index contributed by atoms with van der Waals surface area (Å²) in [6.45, 7) is 1.26. The largest absolute Gasteiger partial charge is 0.489 e. The molecule has 2 aliphatic rings. The summed E-state index contributed by atoms with van der Waals surface area (Å²) in [4.78, 5) is 45.4. The first kappa shape index (κ1) is 29.2. The second kappa shape index (κ2) is 12.6. The topological polar surface area (TPSA) is 101 Å². The van der Waals surface area contributed by atoms with E-state index in [1.165, 1.54) is 17.9 Å². The Kier molecular flexibility index (Phi) is 9.21. The summed E-state index contributed by atoms with van der Waals surface area (Å²) in [6, 6.07) is 9.62. The molecule has 2 aromatic rings. The van der Waals surface area contributed by atoms with Crippen molar-refractivity contribution in [2.75, 3.05) is 27.2 Å². The lowest BCUT2D eigenvalue weighted by molar-refractivity contribution is -0.133. The number of amides is 3. The minimum atomic E-state index is -2.97. The number of nitrogens with zero attached hydrogens (tertiary/aromatic N) is 3. The lowest BCUT2D eigenvalue weighted by Crippen LogP contribution is -2.44. The van der Waals surface area contributed by atoms with Gasteiger partial charge in [0.1, 0.15) is 5.69 Å². The van der Waals surface area contributed by atoms with E-state index in [1.54, 1.807) is 56.3 Å². The maximum Gasteiger partial charge on any atom is 0.387 e. The van der Waals surface area contributed by atoms with Crippen LogP contribution in [0.25, 0.3) is 0 Å². The molecule has 0 bridgehead atoms. The second-order valence-electron chi connectivity index (χ2n) is 10.7. The van der Waals surface area contributed by atoms with Crippen molar-refractivity contribution in [2.24, 2.45) is 11.8 Å². The van der Waals surface area contributed by atoms with E-state index < -0.39 is 12.5 Å². The molecule has 1 aliphatic carbocycles. The maximum atomic E-state index is 13.1. The van der Waals surface area contributed by atoms with Crippen LogP contribution in [0.3, 0.4) is 0 Å². The number of hydrogen-bond acceptors (Lipinski definition) is 6. The van der Waals surface area contributed by atoms with Crippen molar-refractivity contribution in [1.82, 2.24) is 20.1 Å². The third-order valence-electron chi connectivity index (χ3n) is 7.44. The number of rotatable bonds is 11. The van der Waals surface area contributed by atoms with Crippen LogP contribution < -0.4 is 14.8 Å². The van der Waals surface area contributed by atoms with Gasteiger partial charge in [-0.05, 0) is 55.0 Å². The van der Waals surface area contributed by atoms with Gasteiger partial charge in [-0.25, -0.2) is 4.98 Å². The van der Waals surface area contributed by atoms with Crippen molar-refractivity contribution in [3.05, 3.63) is 53.3 Å². The predicted molar refractivity (Wildman–Crippen MR) is 143 cm³/mol. The summed E-state index contributed by atoms with van der Waals surface area (Å²) in [6.07, 6.45) is 2.63. The van der Waals surface area contributed by atoms with Crippen LogP contribution >= 0.6 is 0 Å². The lowest BCUT2D eigenvalue weighted by Gasteiger charge is -2.27. The van der Waals surface area contributed by atoms with E-state index >= 15 is 0 Å². The Morgan fingerprint density at radius 3 is 2.55 bits per heavy atom. The number of carbonyl (C=O) groups excluding carboxylic acids is 3. The van der Waals surface area contributed by atoms with Crippen LogP contribution in [0, 0.1) is 11.8 Å². The third-order valence-corrected chi connectivity index (χ3v) is 7.44. The highest BCUT2D eigenvalue weighted by molar-refractivity contribution is 5.91. The molecule has 2 heterocycles. The van der Waals surface area contributed by atoms with E-state index in [0.717, 1.165) is 18.4 Å². The number of benzene rings is 1. The van der Waals surface area contributed by atoms with Crippen LogP contribution in [-0.2, 0) is 16.1 Å². The minimum Gasteiger partial charge on any atom is -0.489 e. The molecule has 1 unspecified atom stereocenters. The van der Waals surface area contributed by atoms with Gasteiger partial charge in [0.25, 0.3) is 5.91 Å². The van der Waals surface area contributed by atoms with Crippen molar-refractivity contribution < 1.29 is 32.6 Å². The number of aromatic nitrogens is 1. The van der Waals surface area contributed by atoms with Gasteiger partial charge in [0, 0.05) is 39.5 Å². The molecule has 9 nitrogen and oxygen atoms in total. The first-order valence-electron chi connectivity index (χ1n) is 13.5. The number of hydrogen-bond donors (Lipinski definition) is 1. The van der Waals surface area contributed by atoms with Crippen molar-refractivity contribution >= 4 is 17.7 Å². The standard InChI is InChI=1S/C29H36F2N4O5/c1-17(27(37)32-14-22-6-5-7-23(33-22)28(38)34(3)4)24-12-21(15-35(24)18(2)36)20-10-11-25(40-29(30)31)26(13-20)39-16-19-8-9-19/h5-7,10-11,13,17,19,21,24,29H,8-9,12,14-16H2,1-4H3,(H,32,37)/t17-,21?,24-/m1/s1. The van der Waals surface area contributed by atoms with Gasteiger partial charge in [0.2, 0.25) is 11.8 Å². The smallest absolute Gasteiger partial charge is 0.387 e. The molecular formula is C29H36F2N4O5. The fourth-order valence-corrected chi connectivity index (χ4v) is 4.96. The molecule has 0 radical (unpaired) electrons. The zero-order chi connectivity index (χ0) is 29.0. The van der Waals surface area contributed by atoms with Crippen LogP contribution in [0.15, 0.2) is 36.4 Å². The molecule has 2 fully saturated rings. The van der Waals surface area contributed by atoms with Crippen molar-refractivity contribution in [3.8, 4) is 11.5 Å². The third kappa shape index (κ3) is 7.25. The van der Waals surface area contributed by atoms with E-state index in [4.69, 9.17) is 4.74 Å². The van der Waals surface area contributed by atoms with Gasteiger partial charge < -0.3 is 24.6 Å². The maximum absolute atomic E-state index is 13.1.